The molecule has 1 fully saturated rings. The maximum absolute atomic E-state index is 12.2. The minimum absolute atomic E-state index is 0.152. The maximum atomic E-state index is 12.2. The highest BCUT2D eigenvalue weighted by Gasteiger charge is 2.29. The number of allylic oxidation sites excluding steroid dienone is 4. The molecule has 0 aromatic carbocycles. The summed E-state index contributed by atoms with van der Waals surface area (Å²) >= 11 is 0. The largest absolute Gasteiger partial charge is 0.356 e. The van der Waals surface area contributed by atoms with Crippen LogP contribution in [0.25, 0.3) is 0 Å². The zero-order valence-electron chi connectivity index (χ0n) is 14.5. The van der Waals surface area contributed by atoms with Crippen molar-refractivity contribution in [2.45, 2.75) is 63.8 Å². The normalized spacial score (nSPS) is 31.5. The molecule has 0 heterocycles. The Labute approximate surface area is 145 Å². The zero-order valence-corrected chi connectivity index (χ0v) is 14.5. The molecule has 4 nitrogen and oxygen atoms in total. The average molecular weight is 330 g/mol. The molecule has 1 saturated carbocycles. The zero-order chi connectivity index (χ0) is 16.8. The molecule has 0 aromatic heterocycles. The van der Waals surface area contributed by atoms with Crippen molar-refractivity contribution in [1.82, 2.24) is 10.6 Å². The molecule has 3 aliphatic carbocycles. The van der Waals surface area contributed by atoms with Crippen LogP contribution in [-0.2, 0) is 9.59 Å². The van der Waals surface area contributed by atoms with Crippen LogP contribution in [0.2, 0.25) is 0 Å². The highest BCUT2D eigenvalue weighted by molar-refractivity contribution is 5.77. The quantitative estimate of drug-likeness (QED) is 0.705. The van der Waals surface area contributed by atoms with Gasteiger partial charge in [-0.1, -0.05) is 30.7 Å². The second-order valence-electron chi connectivity index (χ2n) is 7.61. The molecule has 2 amide bonds. The van der Waals surface area contributed by atoms with Gasteiger partial charge >= 0.3 is 0 Å². The van der Waals surface area contributed by atoms with Crippen molar-refractivity contribution >= 4 is 11.8 Å². The van der Waals surface area contributed by atoms with E-state index < -0.39 is 0 Å². The molecule has 0 spiro atoms. The van der Waals surface area contributed by atoms with E-state index in [1.165, 1.54) is 0 Å². The van der Waals surface area contributed by atoms with E-state index in [9.17, 15) is 9.59 Å². The third-order valence-corrected chi connectivity index (χ3v) is 5.69. The predicted octanol–water partition coefficient (Wildman–Crippen LogP) is 3.10. The summed E-state index contributed by atoms with van der Waals surface area (Å²) in [5, 5.41) is 6.31. The second kappa shape index (κ2) is 8.50. The number of rotatable bonds is 7. The van der Waals surface area contributed by atoms with Crippen molar-refractivity contribution in [2.75, 3.05) is 6.54 Å². The number of nitrogens with one attached hydrogen (secondary N) is 2. The van der Waals surface area contributed by atoms with Gasteiger partial charge in [0.1, 0.15) is 0 Å². The molecular formula is C20H30N2O2. The molecule has 4 atom stereocenters. The van der Waals surface area contributed by atoms with Gasteiger partial charge in [0, 0.05) is 25.4 Å². The first-order valence-electron chi connectivity index (χ1n) is 9.60. The van der Waals surface area contributed by atoms with Gasteiger partial charge in [0.15, 0.2) is 0 Å². The van der Waals surface area contributed by atoms with Crippen molar-refractivity contribution in [1.29, 1.82) is 0 Å². The van der Waals surface area contributed by atoms with Gasteiger partial charge in [0.05, 0.1) is 0 Å². The molecule has 0 aromatic rings. The molecule has 0 saturated heterocycles. The molecule has 24 heavy (non-hydrogen) atoms. The Morgan fingerprint density at radius 3 is 2.17 bits per heavy atom. The topological polar surface area (TPSA) is 58.2 Å². The molecule has 4 heteroatoms. The Morgan fingerprint density at radius 1 is 0.875 bits per heavy atom. The monoisotopic (exact) mass is 330 g/mol. The van der Waals surface area contributed by atoms with Crippen molar-refractivity contribution < 1.29 is 9.59 Å². The number of carbonyl (C=O) groups excluding carboxylic acids is 2. The molecule has 132 valence electrons. The van der Waals surface area contributed by atoms with Gasteiger partial charge in [-0.2, -0.15) is 0 Å². The van der Waals surface area contributed by atoms with Crippen LogP contribution in [0.1, 0.15) is 57.8 Å². The lowest BCUT2D eigenvalue weighted by Gasteiger charge is -2.22. The summed E-state index contributed by atoms with van der Waals surface area (Å²) < 4.78 is 0. The average Bonchev–Trinajstić information content (AvgIpc) is 3.28. The van der Waals surface area contributed by atoms with E-state index >= 15 is 0 Å². The van der Waals surface area contributed by atoms with Gasteiger partial charge < -0.3 is 10.6 Å². The fourth-order valence-corrected chi connectivity index (χ4v) is 4.26. The fraction of sp³-hybridized carbons (Fsp3) is 0.700. The molecule has 4 unspecified atom stereocenters. The Bertz CT molecular complexity index is 512. The van der Waals surface area contributed by atoms with Crippen molar-refractivity contribution in [3.63, 3.8) is 0 Å². The SMILES string of the molecule is O=C(CC1C=CCC1)NCC1CCCC1NC(=O)CC1C=CCC1. The summed E-state index contributed by atoms with van der Waals surface area (Å²) in [5.41, 5.74) is 0. The standard InChI is InChI=1S/C20H30N2O2/c23-19(12-15-6-1-2-7-15)21-14-17-10-5-11-18(17)22-20(24)13-16-8-3-4-9-16/h1,3,6,8,15-18H,2,4-5,7,9-14H2,(H,21,23)(H,22,24). The lowest BCUT2D eigenvalue weighted by atomic mass is 10.0. The minimum Gasteiger partial charge on any atom is -0.356 e. The van der Waals surface area contributed by atoms with E-state index in [2.05, 4.69) is 34.9 Å². The van der Waals surface area contributed by atoms with E-state index in [0.29, 0.717) is 37.1 Å². The highest BCUT2D eigenvalue weighted by atomic mass is 16.2. The fourth-order valence-electron chi connectivity index (χ4n) is 4.26. The first-order valence-corrected chi connectivity index (χ1v) is 9.60. The van der Waals surface area contributed by atoms with E-state index in [4.69, 9.17) is 0 Å². The second-order valence-corrected chi connectivity index (χ2v) is 7.61. The first-order chi connectivity index (χ1) is 11.7. The van der Waals surface area contributed by atoms with E-state index in [-0.39, 0.29) is 17.9 Å². The van der Waals surface area contributed by atoms with Gasteiger partial charge in [-0.15, -0.1) is 0 Å². The van der Waals surface area contributed by atoms with Crippen LogP contribution >= 0.6 is 0 Å². The van der Waals surface area contributed by atoms with Gasteiger partial charge in [0.2, 0.25) is 11.8 Å². The van der Waals surface area contributed by atoms with Crippen LogP contribution in [0, 0.1) is 17.8 Å². The van der Waals surface area contributed by atoms with Crippen molar-refractivity contribution in [3.05, 3.63) is 24.3 Å². The number of carbonyl (C=O) groups is 2. The Morgan fingerprint density at radius 2 is 1.54 bits per heavy atom. The third kappa shape index (κ3) is 4.96. The number of amides is 2. The van der Waals surface area contributed by atoms with Gasteiger partial charge in [-0.3, -0.25) is 9.59 Å². The van der Waals surface area contributed by atoms with E-state index in [1.54, 1.807) is 0 Å². The third-order valence-electron chi connectivity index (χ3n) is 5.69. The molecular weight excluding hydrogens is 300 g/mol. The van der Waals surface area contributed by atoms with Gasteiger partial charge in [-0.25, -0.2) is 0 Å². The van der Waals surface area contributed by atoms with Gasteiger partial charge in [0.25, 0.3) is 0 Å². The van der Waals surface area contributed by atoms with Crippen LogP contribution in [0.4, 0.5) is 0 Å². The molecule has 0 bridgehead atoms. The molecule has 0 radical (unpaired) electrons. The summed E-state index contributed by atoms with van der Waals surface area (Å²) in [4.78, 5) is 24.3. The summed E-state index contributed by atoms with van der Waals surface area (Å²) in [6.45, 7) is 0.698. The van der Waals surface area contributed by atoms with Crippen molar-refractivity contribution in [3.8, 4) is 0 Å². The summed E-state index contributed by atoms with van der Waals surface area (Å²) in [7, 11) is 0. The lowest BCUT2D eigenvalue weighted by molar-refractivity contribution is -0.122. The van der Waals surface area contributed by atoms with E-state index in [1.807, 2.05) is 0 Å². The molecule has 3 rings (SSSR count). The molecule has 3 aliphatic rings. The maximum Gasteiger partial charge on any atom is 0.220 e. The highest BCUT2D eigenvalue weighted by Crippen LogP contribution is 2.26. The van der Waals surface area contributed by atoms with Crippen LogP contribution in [0.15, 0.2) is 24.3 Å². The Hall–Kier alpha value is -1.58. The van der Waals surface area contributed by atoms with Crippen LogP contribution < -0.4 is 10.6 Å². The predicted molar refractivity (Wildman–Crippen MR) is 95.2 cm³/mol. The summed E-state index contributed by atoms with van der Waals surface area (Å²) in [5.74, 6) is 1.55. The van der Waals surface area contributed by atoms with Crippen LogP contribution in [0.3, 0.4) is 0 Å². The summed E-state index contributed by atoms with van der Waals surface area (Å²) in [6, 6.07) is 0.231. The number of hydrogen-bond acceptors (Lipinski definition) is 2. The van der Waals surface area contributed by atoms with Crippen LogP contribution in [-0.4, -0.2) is 24.4 Å². The minimum atomic E-state index is 0.152. The summed E-state index contributed by atoms with van der Waals surface area (Å²) in [6.07, 6.45) is 17.6. The van der Waals surface area contributed by atoms with E-state index in [0.717, 1.165) is 44.9 Å². The van der Waals surface area contributed by atoms with Gasteiger partial charge in [-0.05, 0) is 56.3 Å². The number of hydrogen-bond donors (Lipinski definition) is 2. The Kier molecular flexibility index (Phi) is 6.11. The smallest absolute Gasteiger partial charge is 0.220 e. The van der Waals surface area contributed by atoms with Crippen LogP contribution in [0.5, 0.6) is 0 Å². The lowest BCUT2D eigenvalue weighted by Crippen LogP contribution is -2.42. The Balaban J connectivity index is 1.38. The molecule has 2 N–H and O–H groups in total. The molecule has 0 aliphatic heterocycles. The first kappa shape index (κ1) is 17.2. The van der Waals surface area contributed by atoms with Crippen molar-refractivity contribution in [2.24, 2.45) is 17.8 Å².